The number of carbonyl (C=O) groups excluding carboxylic acids is 1. The van der Waals surface area contributed by atoms with Crippen LogP contribution in [-0.4, -0.2) is 16.9 Å². The molecule has 1 aromatic carbocycles. The number of non-ortho nitro benzene ring substituents is 1. The van der Waals surface area contributed by atoms with Crippen LogP contribution in [0.3, 0.4) is 0 Å². The van der Waals surface area contributed by atoms with E-state index in [4.69, 9.17) is 0 Å². The lowest BCUT2D eigenvalue weighted by molar-refractivity contribution is -0.384. The van der Waals surface area contributed by atoms with Crippen molar-refractivity contribution in [2.45, 2.75) is 31.7 Å². The first-order chi connectivity index (χ1) is 8.16. The molecule has 0 saturated heterocycles. The van der Waals surface area contributed by atoms with Gasteiger partial charge in [0.25, 0.3) is 5.69 Å². The van der Waals surface area contributed by atoms with Crippen molar-refractivity contribution >= 4 is 17.3 Å². The summed E-state index contributed by atoms with van der Waals surface area (Å²) >= 11 is 0. The molecule has 1 amide bonds. The van der Waals surface area contributed by atoms with Gasteiger partial charge in [-0.15, -0.1) is 0 Å². The summed E-state index contributed by atoms with van der Waals surface area (Å²) < 4.78 is 0. The molecule has 0 radical (unpaired) electrons. The molecule has 1 aromatic rings. The monoisotopic (exact) mass is 232 g/mol. The minimum absolute atomic E-state index is 0.0620. The Labute approximate surface area is 98.2 Å². The van der Waals surface area contributed by atoms with Crippen molar-refractivity contribution in [2.75, 3.05) is 4.90 Å². The summed E-state index contributed by atoms with van der Waals surface area (Å²) in [5.41, 5.74) is 1.72. The zero-order chi connectivity index (χ0) is 12.0. The second kappa shape index (κ2) is 3.55. The Morgan fingerprint density at radius 1 is 1.35 bits per heavy atom. The van der Waals surface area contributed by atoms with Crippen molar-refractivity contribution in [3.63, 3.8) is 0 Å². The van der Waals surface area contributed by atoms with Crippen LogP contribution in [-0.2, 0) is 11.2 Å². The maximum atomic E-state index is 11.9. The van der Waals surface area contributed by atoms with Gasteiger partial charge < -0.3 is 4.90 Å². The second-order valence-electron chi connectivity index (χ2n) is 4.60. The number of amides is 1. The van der Waals surface area contributed by atoms with Gasteiger partial charge >= 0.3 is 0 Å². The zero-order valence-electron chi connectivity index (χ0n) is 9.26. The van der Waals surface area contributed by atoms with Gasteiger partial charge in [0.2, 0.25) is 5.91 Å². The van der Waals surface area contributed by atoms with E-state index in [0.29, 0.717) is 12.5 Å². The van der Waals surface area contributed by atoms with Gasteiger partial charge in [-0.25, -0.2) is 0 Å². The van der Waals surface area contributed by atoms with Crippen LogP contribution < -0.4 is 4.90 Å². The number of benzene rings is 1. The molecule has 1 fully saturated rings. The summed E-state index contributed by atoms with van der Waals surface area (Å²) in [6.07, 6.45) is 3.55. The summed E-state index contributed by atoms with van der Waals surface area (Å²) in [5.74, 6) is 0.0743. The number of anilines is 1. The van der Waals surface area contributed by atoms with E-state index in [1.807, 2.05) is 4.90 Å². The van der Waals surface area contributed by atoms with Crippen molar-refractivity contribution in [3.8, 4) is 0 Å². The lowest BCUT2D eigenvalue weighted by Crippen LogP contribution is -2.42. The van der Waals surface area contributed by atoms with Crippen molar-refractivity contribution < 1.29 is 9.72 Å². The fourth-order valence-electron chi connectivity index (χ4n) is 2.49. The van der Waals surface area contributed by atoms with Crippen molar-refractivity contribution in [1.29, 1.82) is 0 Å². The average Bonchev–Trinajstić information content (AvgIpc) is 2.52. The van der Waals surface area contributed by atoms with Gasteiger partial charge in [0, 0.05) is 23.9 Å². The number of nitro benzene ring substituents is 1. The highest BCUT2D eigenvalue weighted by Gasteiger charge is 2.36. The van der Waals surface area contributed by atoms with Gasteiger partial charge in [-0.1, -0.05) is 0 Å². The lowest BCUT2D eigenvalue weighted by atomic mass is 9.91. The van der Waals surface area contributed by atoms with Crippen LogP contribution >= 0.6 is 0 Å². The number of carbonyl (C=O) groups is 1. The predicted octanol–water partition coefficient (Wildman–Crippen LogP) is 2.04. The first-order valence-corrected chi connectivity index (χ1v) is 5.76. The SMILES string of the molecule is O=C1Cc2cc([N+](=O)[O-])ccc2N1C1CCC1. The fraction of sp³-hybridized carbons (Fsp3) is 0.417. The van der Waals surface area contributed by atoms with Gasteiger partial charge in [0.15, 0.2) is 0 Å². The standard InChI is InChI=1S/C12H12N2O3/c15-12-7-8-6-10(14(16)17)4-5-11(8)13(12)9-2-1-3-9/h4-6,9H,1-3,7H2. The summed E-state index contributed by atoms with van der Waals surface area (Å²) in [6.45, 7) is 0. The first-order valence-electron chi connectivity index (χ1n) is 5.76. The summed E-state index contributed by atoms with van der Waals surface area (Å²) in [5, 5.41) is 10.7. The number of nitro groups is 1. The first kappa shape index (κ1) is 10.3. The van der Waals surface area contributed by atoms with Gasteiger partial charge in [-0.2, -0.15) is 0 Å². The van der Waals surface area contributed by atoms with Gasteiger partial charge in [0.1, 0.15) is 0 Å². The summed E-state index contributed by atoms with van der Waals surface area (Å²) in [4.78, 5) is 24.0. The summed E-state index contributed by atoms with van der Waals surface area (Å²) in [6, 6.07) is 5.01. The molecule has 0 spiro atoms. The molecule has 0 atom stereocenters. The predicted molar refractivity (Wildman–Crippen MR) is 61.9 cm³/mol. The average molecular weight is 232 g/mol. The highest BCUT2D eigenvalue weighted by atomic mass is 16.6. The molecule has 88 valence electrons. The van der Waals surface area contributed by atoms with Gasteiger partial charge in [-0.3, -0.25) is 14.9 Å². The minimum atomic E-state index is -0.420. The Hall–Kier alpha value is -1.91. The maximum absolute atomic E-state index is 11.9. The lowest BCUT2D eigenvalue weighted by Gasteiger charge is -2.35. The Kier molecular flexibility index (Phi) is 2.14. The Balaban J connectivity index is 1.99. The molecule has 0 unspecified atom stereocenters. The van der Waals surface area contributed by atoms with E-state index in [1.165, 1.54) is 12.1 Å². The third-order valence-electron chi connectivity index (χ3n) is 3.58. The molecular weight excluding hydrogens is 220 g/mol. The third-order valence-corrected chi connectivity index (χ3v) is 3.58. The highest BCUT2D eigenvalue weighted by molar-refractivity contribution is 6.02. The fourth-order valence-corrected chi connectivity index (χ4v) is 2.49. The van der Waals surface area contributed by atoms with Crippen molar-refractivity contribution in [1.82, 2.24) is 0 Å². The van der Waals surface area contributed by atoms with Crippen LogP contribution in [0.15, 0.2) is 18.2 Å². The molecular formula is C12H12N2O3. The van der Waals surface area contributed by atoms with E-state index in [1.54, 1.807) is 6.07 Å². The number of rotatable bonds is 2. The third kappa shape index (κ3) is 1.50. The number of hydrogen-bond acceptors (Lipinski definition) is 3. The van der Waals surface area contributed by atoms with E-state index >= 15 is 0 Å². The summed E-state index contributed by atoms with van der Waals surface area (Å²) in [7, 11) is 0. The Bertz CT molecular complexity index is 508. The minimum Gasteiger partial charge on any atom is -0.309 e. The topological polar surface area (TPSA) is 63.4 Å². The second-order valence-corrected chi connectivity index (χ2v) is 4.60. The molecule has 2 aliphatic rings. The molecule has 1 aliphatic carbocycles. The number of nitrogens with zero attached hydrogens (tertiary/aromatic N) is 2. The van der Waals surface area contributed by atoms with E-state index in [9.17, 15) is 14.9 Å². The largest absolute Gasteiger partial charge is 0.309 e. The maximum Gasteiger partial charge on any atom is 0.269 e. The van der Waals surface area contributed by atoms with Crippen LogP contribution in [0.25, 0.3) is 0 Å². The molecule has 1 aliphatic heterocycles. The van der Waals surface area contributed by atoms with Crippen LogP contribution in [0.4, 0.5) is 11.4 Å². The van der Waals surface area contributed by atoms with Crippen LogP contribution in [0, 0.1) is 10.1 Å². The van der Waals surface area contributed by atoms with Crippen molar-refractivity contribution in [3.05, 3.63) is 33.9 Å². The number of hydrogen-bond donors (Lipinski definition) is 0. The van der Waals surface area contributed by atoms with Gasteiger partial charge in [-0.05, 0) is 30.9 Å². The van der Waals surface area contributed by atoms with Crippen LogP contribution in [0.1, 0.15) is 24.8 Å². The smallest absolute Gasteiger partial charge is 0.269 e. The molecule has 0 aromatic heterocycles. The molecule has 5 heteroatoms. The molecule has 1 saturated carbocycles. The number of fused-ring (bicyclic) bond motifs is 1. The van der Waals surface area contributed by atoms with Crippen LogP contribution in [0.5, 0.6) is 0 Å². The van der Waals surface area contributed by atoms with Gasteiger partial charge in [0.05, 0.1) is 11.3 Å². The quantitative estimate of drug-likeness (QED) is 0.579. The van der Waals surface area contributed by atoms with E-state index in [-0.39, 0.29) is 11.6 Å². The normalized spacial score (nSPS) is 19.1. The van der Waals surface area contributed by atoms with E-state index < -0.39 is 4.92 Å². The molecule has 1 heterocycles. The Morgan fingerprint density at radius 2 is 2.12 bits per heavy atom. The molecule has 3 rings (SSSR count). The van der Waals surface area contributed by atoms with E-state index in [0.717, 1.165) is 30.5 Å². The molecule has 17 heavy (non-hydrogen) atoms. The van der Waals surface area contributed by atoms with E-state index in [2.05, 4.69) is 0 Å². The zero-order valence-corrected chi connectivity index (χ0v) is 9.26. The molecule has 5 nitrogen and oxygen atoms in total. The highest BCUT2D eigenvalue weighted by Crippen LogP contribution is 2.38. The molecule has 0 bridgehead atoms. The van der Waals surface area contributed by atoms with Crippen molar-refractivity contribution in [2.24, 2.45) is 0 Å². The molecule has 0 N–H and O–H groups in total. The van der Waals surface area contributed by atoms with Crippen LogP contribution in [0.2, 0.25) is 0 Å². The Morgan fingerprint density at radius 3 is 2.71 bits per heavy atom.